The monoisotopic (exact) mass is 286 g/mol. The fraction of sp³-hybridized carbons (Fsp3) is 0.529. The van der Waals surface area contributed by atoms with E-state index in [0.717, 1.165) is 18.8 Å². The smallest absolute Gasteiger partial charge is 0.260 e. The number of hydrogen-bond acceptors (Lipinski definition) is 3. The lowest BCUT2D eigenvalue weighted by molar-refractivity contribution is -0.134. The number of ether oxygens (including phenoxy) is 1. The van der Waals surface area contributed by atoms with Gasteiger partial charge in [0.2, 0.25) is 0 Å². The Labute approximate surface area is 126 Å². The maximum atomic E-state index is 12.2. The summed E-state index contributed by atoms with van der Waals surface area (Å²) in [4.78, 5) is 14.0. The zero-order chi connectivity index (χ0) is 15.2. The second-order valence-electron chi connectivity index (χ2n) is 5.81. The van der Waals surface area contributed by atoms with Crippen LogP contribution in [0.2, 0.25) is 0 Å². The maximum Gasteiger partial charge on any atom is 0.260 e. The second kappa shape index (κ2) is 7.12. The molecule has 21 heavy (non-hydrogen) atoms. The van der Waals surface area contributed by atoms with Gasteiger partial charge in [-0.1, -0.05) is 19.1 Å². The summed E-state index contributed by atoms with van der Waals surface area (Å²) < 4.78 is 5.51. The summed E-state index contributed by atoms with van der Waals surface area (Å²) in [7, 11) is 1.85. The van der Waals surface area contributed by atoms with Gasteiger partial charge in [-0.15, -0.1) is 0 Å². The number of likely N-dealkylation sites (N-methyl/N-ethyl adjacent to an activating group) is 1. The number of amides is 1. The highest BCUT2D eigenvalue weighted by molar-refractivity contribution is 5.77. The lowest BCUT2D eigenvalue weighted by Gasteiger charge is -2.33. The summed E-state index contributed by atoms with van der Waals surface area (Å²) in [6.07, 6.45) is 4.50. The molecule has 0 atom stereocenters. The molecular formula is C17H22N2O2. The highest BCUT2D eigenvalue weighted by atomic mass is 16.5. The van der Waals surface area contributed by atoms with Crippen molar-refractivity contribution in [2.75, 3.05) is 13.7 Å². The largest absolute Gasteiger partial charge is 0.482 e. The highest BCUT2D eigenvalue weighted by Gasteiger charge is 2.25. The van der Waals surface area contributed by atoms with Gasteiger partial charge in [0.05, 0.1) is 5.56 Å². The fourth-order valence-corrected chi connectivity index (χ4v) is 2.76. The van der Waals surface area contributed by atoms with E-state index in [1.807, 2.05) is 7.05 Å². The predicted molar refractivity (Wildman–Crippen MR) is 80.8 cm³/mol. The van der Waals surface area contributed by atoms with E-state index in [4.69, 9.17) is 10.00 Å². The molecule has 0 radical (unpaired) electrons. The quantitative estimate of drug-likeness (QED) is 0.855. The average Bonchev–Trinajstić information content (AvgIpc) is 2.52. The molecule has 2 rings (SSSR count). The number of nitrogens with zero attached hydrogens (tertiary/aromatic N) is 2. The fourth-order valence-electron chi connectivity index (χ4n) is 2.76. The summed E-state index contributed by atoms with van der Waals surface area (Å²) in [5.74, 6) is 1.21. The molecule has 0 saturated heterocycles. The molecular weight excluding hydrogens is 264 g/mol. The van der Waals surface area contributed by atoms with Crippen LogP contribution >= 0.6 is 0 Å². The van der Waals surface area contributed by atoms with Crippen molar-refractivity contribution in [3.05, 3.63) is 29.8 Å². The lowest BCUT2D eigenvalue weighted by Crippen LogP contribution is -2.41. The molecule has 1 aliphatic carbocycles. The van der Waals surface area contributed by atoms with Crippen LogP contribution in [0.5, 0.6) is 5.75 Å². The minimum Gasteiger partial charge on any atom is -0.482 e. The number of benzene rings is 1. The summed E-state index contributed by atoms with van der Waals surface area (Å²) >= 11 is 0. The molecule has 4 heteroatoms. The molecule has 0 aliphatic heterocycles. The Morgan fingerprint density at radius 2 is 2.00 bits per heavy atom. The van der Waals surface area contributed by atoms with E-state index >= 15 is 0 Å². The van der Waals surface area contributed by atoms with E-state index in [2.05, 4.69) is 13.0 Å². The van der Waals surface area contributed by atoms with Gasteiger partial charge in [-0.25, -0.2) is 0 Å². The van der Waals surface area contributed by atoms with Crippen LogP contribution in [-0.2, 0) is 4.79 Å². The van der Waals surface area contributed by atoms with Crippen molar-refractivity contribution >= 4 is 5.91 Å². The summed E-state index contributed by atoms with van der Waals surface area (Å²) in [5, 5.41) is 9.00. The molecule has 1 aromatic rings. The van der Waals surface area contributed by atoms with Gasteiger partial charge >= 0.3 is 0 Å². The number of carbonyl (C=O) groups is 1. The zero-order valence-electron chi connectivity index (χ0n) is 12.7. The van der Waals surface area contributed by atoms with Gasteiger partial charge in [0.1, 0.15) is 11.8 Å². The van der Waals surface area contributed by atoms with Gasteiger partial charge < -0.3 is 9.64 Å². The number of nitriles is 1. The Bertz CT molecular complexity index is 528. The van der Waals surface area contributed by atoms with Crippen LogP contribution in [0.3, 0.4) is 0 Å². The van der Waals surface area contributed by atoms with E-state index in [1.54, 1.807) is 29.2 Å². The molecule has 0 heterocycles. The predicted octanol–water partition coefficient (Wildman–Crippen LogP) is 2.97. The van der Waals surface area contributed by atoms with Crippen molar-refractivity contribution in [2.45, 2.75) is 38.6 Å². The molecule has 1 fully saturated rings. The topological polar surface area (TPSA) is 53.3 Å². The molecule has 0 spiro atoms. The van der Waals surface area contributed by atoms with E-state index in [1.165, 1.54) is 12.8 Å². The van der Waals surface area contributed by atoms with Gasteiger partial charge in [-0.05, 0) is 43.7 Å². The van der Waals surface area contributed by atoms with Gasteiger partial charge in [-0.2, -0.15) is 5.26 Å². The molecule has 0 bridgehead atoms. The molecule has 1 aliphatic rings. The first-order valence-electron chi connectivity index (χ1n) is 7.49. The Hall–Kier alpha value is -2.02. The van der Waals surface area contributed by atoms with E-state index in [9.17, 15) is 4.79 Å². The molecule has 0 unspecified atom stereocenters. The Morgan fingerprint density at radius 3 is 2.67 bits per heavy atom. The van der Waals surface area contributed by atoms with Crippen molar-refractivity contribution in [3.8, 4) is 11.8 Å². The van der Waals surface area contributed by atoms with Crippen LogP contribution in [0.15, 0.2) is 24.3 Å². The van der Waals surface area contributed by atoms with Crippen LogP contribution in [0.25, 0.3) is 0 Å². The van der Waals surface area contributed by atoms with Crippen LogP contribution in [0.1, 0.15) is 38.2 Å². The second-order valence-corrected chi connectivity index (χ2v) is 5.81. The zero-order valence-corrected chi connectivity index (χ0v) is 12.7. The first kappa shape index (κ1) is 15.4. The molecule has 1 amide bonds. The average molecular weight is 286 g/mol. The Morgan fingerprint density at radius 1 is 1.33 bits per heavy atom. The van der Waals surface area contributed by atoms with Crippen molar-refractivity contribution in [1.82, 2.24) is 4.90 Å². The van der Waals surface area contributed by atoms with Crippen molar-refractivity contribution in [1.29, 1.82) is 5.26 Å². The molecule has 112 valence electrons. The summed E-state index contributed by atoms with van der Waals surface area (Å²) in [5.41, 5.74) is 0.458. The van der Waals surface area contributed by atoms with E-state index < -0.39 is 0 Å². The third kappa shape index (κ3) is 3.98. The third-order valence-corrected chi connectivity index (χ3v) is 4.29. The number of para-hydroxylation sites is 1. The van der Waals surface area contributed by atoms with Gasteiger partial charge in [0.25, 0.3) is 5.91 Å². The summed E-state index contributed by atoms with van der Waals surface area (Å²) in [6.45, 7) is 2.25. The third-order valence-electron chi connectivity index (χ3n) is 4.29. The number of hydrogen-bond donors (Lipinski definition) is 0. The van der Waals surface area contributed by atoms with Crippen molar-refractivity contribution in [3.63, 3.8) is 0 Å². The Kier molecular flexibility index (Phi) is 5.21. The first-order valence-corrected chi connectivity index (χ1v) is 7.49. The van der Waals surface area contributed by atoms with Crippen LogP contribution < -0.4 is 4.74 Å². The molecule has 0 N–H and O–H groups in total. The van der Waals surface area contributed by atoms with Crippen molar-refractivity contribution in [2.24, 2.45) is 5.92 Å². The minimum atomic E-state index is -0.0257. The van der Waals surface area contributed by atoms with Gasteiger partial charge in [0.15, 0.2) is 6.61 Å². The SMILES string of the molecule is CC1CCC(N(C)C(=O)COc2ccccc2C#N)CC1. The van der Waals surface area contributed by atoms with Crippen LogP contribution in [0.4, 0.5) is 0 Å². The highest BCUT2D eigenvalue weighted by Crippen LogP contribution is 2.26. The Balaban J connectivity index is 1.88. The van der Waals surface area contributed by atoms with E-state index in [-0.39, 0.29) is 12.5 Å². The van der Waals surface area contributed by atoms with Crippen molar-refractivity contribution < 1.29 is 9.53 Å². The summed E-state index contributed by atoms with van der Waals surface area (Å²) in [6, 6.07) is 9.37. The molecule has 1 saturated carbocycles. The van der Waals surface area contributed by atoms with E-state index in [0.29, 0.717) is 17.4 Å². The number of rotatable bonds is 4. The van der Waals surface area contributed by atoms with Crippen LogP contribution in [-0.4, -0.2) is 30.5 Å². The maximum absolute atomic E-state index is 12.2. The van der Waals surface area contributed by atoms with Gasteiger partial charge in [-0.3, -0.25) is 4.79 Å². The molecule has 0 aromatic heterocycles. The number of carbonyl (C=O) groups excluding carboxylic acids is 1. The van der Waals surface area contributed by atoms with Gasteiger partial charge in [0, 0.05) is 13.1 Å². The lowest BCUT2D eigenvalue weighted by atomic mass is 9.87. The molecule has 1 aromatic carbocycles. The minimum absolute atomic E-state index is 0.0127. The normalized spacial score (nSPS) is 21.4. The van der Waals surface area contributed by atoms with Crippen LogP contribution in [0, 0.1) is 17.2 Å². The standard InChI is InChI=1S/C17H22N2O2/c1-13-7-9-15(10-8-13)19(2)17(20)12-21-16-6-4-3-5-14(16)11-18/h3-6,13,15H,7-10,12H2,1-2H3. The molecule has 4 nitrogen and oxygen atoms in total. The first-order chi connectivity index (χ1) is 10.1.